The van der Waals surface area contributed by atoms with Crippen LogP contribution in [0.25, 0.3) is 0 Å². The minimum atomic E-state index is -0.344. The van der Waals surface area contributed by atoms with Gasteiger partial charge in [-0.2, -0.15) is 0 Å². The fraction of sp³-hybridized carbons (Fsp3) is 0.545. The Morgan fingerprint density at radius 1 is 1.14 bits per heavy atom. The van der Waals surface area contributed by atoms with Crippen LogP contribution < -0.4 is 9.47 Å². The second-order valence-corrected chi connectivity index (χ2v) is 7.95. The van der Waals surface area contributed by atoms with Gasteiger partial charge >= 0.3 is 0 Å². The molecule has 7 heteroatoms. The van der Waals surface area contributed by atoms with Crippen molar-refractivity contribution in [1.29, 1.82) is 0 Å². The third kappa shape index (κ3) is 4.85. The van der Waals surface area contributed by atoms with E-state index in [9.17, 15) is 4.39 Å². The number of aromatic nitrogens is 2. The van der Waals surface area contributed by atoms with E-state index in [-0.39, 0.29) is 18.0 Å². The van der Waals surface area contributed by atoms with Gasteiger partial charge in [0.1, 0.15) is 19.0 Å². The first-order chi connectivity index (χ1) is 14.0. The fourth-order valence-corrected chi connectivity index (χ4v) is 4.07. The minimum absolute atomic E-state index is 0.202. The number of piperidine rings is 1. The second kappa shape index (κ2) is 8.63. The highest BCUT2D eigenvalue weighted by atomic mass is 19.1. The molecule has 0 saturated carbocycles. The molecule has 0 aromatic carbocycles. The lowest BCUT2D eigenvalue weighted by atomic mass is 10.00. The highest BCUT2D eigenvalue weighted by Crippen LogP contribution is 2.31. The molecule has 1 fully saturated rings. The number of rotatable bonds is 5. The zero-order valence-electron chi connectivity index (χ0n) is 17.3. The molecule has 2 aromatic heterocycles. The number of halogens is 1. The molecule has 0 unspecified atom stereocenters. The van der Waals surface area contributed by atoms with Crippen LogP contribution in [0.4, 0.5) is 4.39 Å². The molecule has 0 aliphatic carbocycles. The van der Waals surface area contributed by atoms with Crippen LogP contribution in [0.15, 0.2) is 18.2 Å². The van der Waals surface area contributed by atoms with Gasteiger partial charge in [-0.05, 0) is 51.3 Å². The van der Waals surface area contributed by atoms with Crippen LogP contribution in [0.5, 0.6) is 11.6 Å². The van der Waals surface area contributed by atoms with E-state index in [1.165, 1.54) is 6.07 Å². The van der Waals surface area contributed by atoms with Crippen molar-refractivity contribution in [2.45, 2.75) is 58.9 Å². The summed E-state index contributed by atoms with van der Waals surface area (Å²) in [6.45, 7) is 8.93. The summed E-state index contributed by atoms with van der Waals surface area (Å²) in [5.74, 6) is 0.434. The Bertz CT molecular complexity index is 856. The molecule has 2 atom stereocenters. The van der Waals surface area contributed by atoms with E-state index in [2.05, 4.69) is 33.9 Å². The number of ether oxygens (including phenoxy) is 3. The minimum Gasteiger partial charge on any atom is -0.484 e. The van der Waals surface area contributed by atoms with Crippen molar-refractivity contribution in [2.75, 3.05) is 19.8 Å². The Kier molecular flexibility index (Phi) is 5.96. The van der Waals surface area contributed by atoms with Gasteiger partial charge in [0, 0.05) is 36.6 Å². The lowest BCUT2D eigenvalue weighted by molar-refractivity contribution is -0.0232. The predicted octanol–water partition coefficient (Wildman–Crippen LogP) is 3.57. The predicted molar refractivity (Wildman–Crippen MR) is 107 cm³/mol. The Morgan fingerprint density at radius 3 is 2.66 bits per heavy atom. The monoisotopic (exact) mass is 401 g/mol. The van der Waals surface area contributed by atoms with Gasteiger partial charge in [-0.15, -0.1) is 0 Å². The summed E-state index contributed by atoms with van der Waals surface area (Å²) in [5, 5.41) is 0. The summed E-state index contributed by atoms with van der Waals surface area (Å²) in [5.41, 5.74) is 3.59. The van der Waals surface area contributed by atoms with Crippen molar-refractivity contribution >= 4 is 0 Å². The van der Waals surface area contributed by atoms with Crippen LogP contribution in [0.1, 0.15) is 42.4 Å². The SMILES string of the molecule is Cc1cc(CO[C@H]2CCN(Cc3nc4c(cc3F)OCCO4)[C@@H](C)C2)cc(C)n1. The molecule has 0 radical (unpaired) electrons. The van der Waals surface area contributed by atoms with Gasteiger partial charge in [0.05, 0.1) is 18.4 Å². The van der Waals surface area contributed by atoms with Gasteiger partial charge in [0.15, 0.2) is 5.75 Å². The van der Waals surface area contributed by atoms with Crippen LogP contribution in [0.3, 0.4) is 0 Å². The normalized spacial score (nSPS) is 21.9. The van der Waals surface area contributed by atoms with Crippen LogP contribution in [0, 0.1) is 19.7 Å². The number of hydrogen-bond donors (Lipinski definition) is 0. The first-order valence-corrected chi connectivity index (χ1v) is 10.2. The van der Waals surface area contributed by atoms with Crippen LogP contribution in [-0.4, -0.2) is 46.8 Å². The first kappa shape index (κ1) is 20.0. The van der Waals surface area contributed by atoms with Crippen LogP contribution >= 0.6 is 0 Å². The number of pyridine rings is 2. The van der Waals surface area contributed by atoms with Gasteiger partial charge in [0.2, 0.25) is 0 Å². The van der Waals surface area contributed by atoms with Crippen molar-refractivity contribution in [3.8, 4) is 11.6 Å². The topological polar surface area (TPSA) is 56.7 Å². The van der Waals surface area contributed by atoms with E-state index in [4.69, 9.17) is 14.2 Å². The average molecular weight is 401 g/mol. The summed E-state index contributed by atoms with van der Waals surface area (Å²) in [4.78, 5) is 11.0. The molecule has 156 valence electrons. The Morgan fingerprint density at radius 2 is 1.90 bits per heavy atom. The first-order valence-electron chi connectivity index (χ1n) is 10.2. The van der Waals surface area contributed by atoms with Crippen LogP contribution in [-0.2, 0) is 17.9 Å². The molecule has 4 rings (SSSR count). The van der Waals surface area contributed by atoms with Gasteiger partial charge in [-0.1, -0.05) is 0 Å². The van der Waals surface area contributed by atoms with E-state index in [1.807, 2.05) is 13.8 Å². The number of nitrogens with zero attached hydrogens (tertiary/aromatic N) is 3. The van der Waals surface area contributed by atoms with Gasteiger partial charge in [-0.25, -0.2) is 9.37 Å². The van der Waals surface area contributed by atoms with Crippen molar-refractivity contribution in [2.24, 2.45) is 0 Å². The van der Waals surface area contributed by atoms with Gasteiger partial charge in [0.25, 0.3) is 5.88 Å². The molecule has 29 heavy (non-hydrogen) atoms. The van der Waals surface area contributed by atoms with Crippen molar-refractivity contribution in [3.05, 3.63) is 46.7 Å². The Labute approximate surface area is 171 Å². The largest absolute Gasteiger partial charge is 0.484 e. The molecular formula is C22H28FN3O3. The standard InChI is InChI=1S/C22H28FN3O3/c1-14-8-17(9-15(2)24-14)13-29-18-4-5-26(16(3)10-18)12-20-19(23)11-21-22(25-20)28-7-6-27-21/h8-9,11,16,18H,4-7,10,12-13H2,1-3H3/t16-,18-/m0/s1. The number of aryl methyl sites for hydroxylation is 2. The average Bonchev–Trinajstić information content (AvgIpc) is 2.68. The molecule has 0 N–H and O–H groups in total. The Balaban J connectivity index is 1.33. The van der Waals surface area contributed by atoms with Gasteiger partial charge < -0.3 is 14.2 Å². The van der Waals surface area contributed by atoms with E-state index in [1.54, 1.807) is 0 Å². The molecule has 1 saturated heterocycles. The molecule has 2 aromatic rings. The number of hydrogen-bond acceptors (Lipinski definition) is 6. The lowest BCUT2D eigenvalue weighted by Gasteiger charge is -2.37. The molecule has 0 bridgehead atoms. The molecule has 2 aliphatic heterocycles. The van der Waals surface area contributed by atoms with E-state index in [0.29, 0.717) is 43.7 Å². The zero-order valence-corrected chi connectivity index (χ0v) is 17.3. The van der Waals surface area contributed by atoms with Crippen molar-refractivity contribution in [1.82, 2.24) is 14.9 Å². The number of fused-ring (bicyclic) bond motifs is 1. The van der Waals surface area contributed by atoms with Crippen molar-refractivity contribution < 1.29 is 18.6 Å². The maximum Gasteiger partial charge on any atom is 0.257 e. The maximum absolute atomic E-state index is 14.5. The summed E-state index contributed by atoms with van der Waals surface area (Å²) in [6, 6.07) is 5.81. The third-order valence-corrected chi connectivity index (χ3v) is 5.51. The molecule has 2 aliphatic rings. The van der Waals surface area contributed by atoms with Crippen molar-refractivity contribution in [3.63, 3.8) is 0 Å². The van der Waals surface area contributed by atoms with E-state index >= 15 is 0 Å². The second-order valence-electron chi connectivity index (χ2n) is 7.95. The summed E-state index contributed by atoms with van der Waals surface area (Å²) >= 11 is 0. The third-order valence-electron chi connectivity index (χ3n) is 5.51. The highest BCUT2D eigenvalue weighted by Gasteiger charge is 2.28. The highest BCUT2D eigenvalue weighted by molar-refractivity contribution is 5.36. The fourth-order valence-electron chi connectivity index (χ4n) is 4.07. The smallest absolute Gasteiger partial charge is 0.257 e. The summed E-state index contributed by atoms with van der Waals surface area (Å²) in [6.07, 6.45) is 2.03. The van der Waals surface area contributed by atoms with E-state index in [0.717, 1.165) is 36.3 Å². The lowest BCUT2D eigenvalue weighted by Crippen LogP contribution is -2.43. The van der Waals surface area contributed by atoms with Crippen LogP contribution in [0.2, 0.25) is 0 Å². The number of likely N-dealkylation sites (tertiary alicyclic amines) is 1. The zero-order chi connectivity index (χ0) is 20.4. The summed E-state index contributed by atoms with van der Waals surface area (Å²) in [7, 11) is 0. The molecule has 0 spiro atoms. The maximum atomic E-state index is 14.5. The molecule has 6 nitrogen and oxygen atoms in total. The molecule has 4 heterocycles. The quantitative estimate of drug-likeness (QED) is 0.763. The van der Waals surface area contributed by atoms with E-state index < -0.39 is 0 Å². The molecule has 0 amide bonds. The molecular weight excluding hydrogens is 373 g/mol. The Hall–Kier alpha value is -2.25. The van der Waals surface area contributed by atoms with Gasteiger partial charge in [-0.3, -0.25) is 9.88 Å². The summed E-state index contributed by atoms with van der Waals surface area (Å²) < 4.78 is 31.5.